The lowest BCUT2D eigenvalue weighted by atomic mass is 10.0. The van der Waals surface area contributed by atoms with E-state index >= 15 is 0 Å². The highest BCUT2D eigenvalue weighted by molar-refractivity contribution is 7.50. The molecule has 1 amide bonds. The quantitative estimate of drug-likeness (QED) is 0.268. The van der Waals surface area contributed by atoms with E-state index in [0.717, 1.165) is 21.7 Å². The van der Waals surface area contributed by atoms with E-state index in [4.69, 9.17) is 4.52 Å². The third-order valence-corrected chi connectivity index (χ3v) is 7.39. The van der Waals surface area contributed by atoms with Crippen LogP contribution in [-0.2, 0) is 38.8 Å². The molecule has 2 heterocycles. The van der Waals surface area contributed by atoms with E-state index in [1.54, 1.807) is 26.0 Å². The molecule has 11 heteroatoms. The fourth-order valence-corrected chi connectivity index (χ4v) is 5.40. The first kappa shape index (κ1) is 26.8. The first-order valence-electron chi connectivity index (χ1n) is 11.1. The van der Waals surface area contributed by atoms with Crippen LogP contribution in [0.2, 0.25) is 0 Å². The fourth-order valence-electron chi connectivity index (χ4n) is 3.54. The minimum Gasteiger partial charge on any atom is -0.480 e. The molecular formula is C24H30N3O6PS. The zero-order valence-corrected chi connectivity index (χ0v) is 21.5. The van der Waals surface area contributed by atoms with Gasteiger partial charge in [0, 0.05) is 30.2 Å². The molecule has 3 aromatic rings. The van der Waals surface area contributed by atoms with Crippen molar-refractivity contribution in [3.8, 4) is 11.3 Å². The van der Waals surface area contributed by atoms with Gasteiger partial charge in [-0.25, -0.2) is 14.4 Å². The Bertz CT molecular complexity index is 1180. The van der Waals surface area contributed by atoms with Crippen molar-refractivity contribution in [1.29, 1.82) is 0 Å². The number of hydrogen-bond donors (Lipinski definition) is 4. The van der Waals surface area contributed by atoms with Crippen molar-refractivity contribution in [2.75, 3.05) is 0 Å². The molecule has 188 valence electrons. The molecule has 35 heavy (non-hydrogen) atoms. The van der Waals surface area contributed by atoms with Crippen LogP contribution in [0.25, 0.3) is 11.3 Å². The van der Waals surface area contributed by atoms with Gasteiger partial charge in [-0.15, -0.1) is 11.3 Å². The van der Waals surface area contributed by atoms with Gasteiger partial charge in [-0.3, -0.25) is 9.32 Å². The SMILES string of the molecule is CC(C)[C@H](NP(=O)(O)OCc1cccs1)C(=O)N[C@@H](Cc1ccc(-c2cccn2C)cc1)C(=O)O. The van der Waals surface area contributed by atoms with Crippen molar-refractivity contribution in [2.45, 2.75) is 39.0 Å². The van der Waals surface area contributed by atoms with Gasteiger partial charge < -0.3 is 19.9 Å². The molecule has 0 fully saturated rings. The number of carboxylic acids is 1. The summed E-state index contributed by atoms with van der Waals surface area (Å²) in [5, 5.41) is 16.4. The Morgan fingerprint density at radius 1 is 1.14 bits per heavy atom. The van der Waals surface area contributed by atoms with Crippen molar-refractivity contribution >= 4 is 31.0 Å². The maximum absolute atomic E-state index is 12.9. The molecule has 3 rings (SSSR count). The van der Waals surface area contributed by atoms with Gasteiger partial charge in [0.05, 0.1) is 12.6 Å². The lowest BCUT2D eigenvalue weighted by Crippen LogP contribution is -2.52. The molecular weight excluding hydrogens is 489 g/mol. The molecule has 0 spiro atoms. The second-order valence-corrected chi connectivity index (χ2v) is 11.1. The van der Waals surface area contributed by atoms with Crippen LogP contribution < -0.4 is 10.4 Å². The summed E-state index contributed by atoms with van der Waals surface area (Å²) in [5.41, 5.74) is 2.75. The minimum atomic E-state index is -4.32. The van der Waals surface area contributed by atoms with Gasteiger partial charge in [0.15, 0.2) is 0 Å². The average Bonchev–Trinajstić information content (AvgIpc) is 3.48. The zero-order chi connectivity index (χ0) is 25.6. The van der Waals surface area contributed by atoms with Crippen LogP contribution in [0.3, 0.4) is 0 Å². The Balaban J connectivity index is 1.64. The second kappa shape index (κ2) is 11.8. The third-order valence-electron chi connectivity index (χ3n) is 5.46. The number of thiophene rings is 1. The molecule has 1 unspecified atom stereocenters. The Hall–Kier alpha value is -2.75. The number of benzene rings is 1. The molecule has 4 N–H and O–H groups in total. The van der Waals surface area contributed by atoms with Crippen LogP contribution in [0.5, 0.6) is 0 Å². The predicted molar refractivity (Wildman–Crippen MR) is 135 cm³/mol. The Morgan fingerprint density at radius 2 is 1.86 bits per heavy atom. The summed E-state index contributed by atoms with van der Waals surface area (Å²) in [6.07, 6.45) is 2.00. The number of amides is 1. The number of aromatic nitrogens is 1. The van der Waals surface area contributed by atoms with Crippen LogP contribution >= 0.6 is 19.1 Å². The van der Waals surface area contributed by atoms with Crippen molar-refractivity contribution < 1.29 is 28.7 Å². The Morgan fingerprint density at radius 3 is 2.40 bits per heavy atom. The standard InChI is InChI=1S/C24H30N3O6PS/c1-16(2)22(26-34(31,32)33-15-19-6-5-13-35-19)23(28)25-20(24(29)30)14-17-8-10-18(11-9-17)21-7-4-12-27(21)3/h4-13,16,20,22H,14-15H2,1-3H3,(H,25,28)(H,29,30)(H2,26,31,32)/t20-,22-/m0/s1. The number of aliphatic carboxylic acids is 1. The van der Waals surface area contributed by atoms with Crippen LogP contribution in [0.1, 0.15) is 24.3 Å². The van der Waals surface area contributed by atoms with Crippen LogP contribution in [0, 0.1) is 5.92 Å². The lowest BCUT2D eigenvalue weighted by Gasteiger charge is -2.26. The summed E-state index contributed by atoms with van der Waals surface area (Å²) in [5.74, 6) is -2.30. The normalized spacial score (nSPS) is 14.9. The molecule has 0 bridgehead atoms. The smallest absolute Gasteiger partial charge is 0.403 e. The molecule has 1 aromatic carbocycles. The molecule has 3 atom stereocenters. The monoisotopic (exact) mass is 519 g/mol. The summed E-state index contributed by atoms with van der Waals surface area (Å²) in [4.78, 5) is 35.8. The molecule has 0 aliphatic carbocycles. The number of nitrogens with one attached hydrogen (secondary N) is 2. The number of hydrogen-bond acceptors (Lipinski definition) is 5. The van der Waals surface area contributed by atoms with Gasteiger partial charge in [0.25, 0.3) is 0 Å². The van der Waals surface area contributed by atoms with Crippen LogP contribution in [0.15, 0.2) is 60.1 Å². The maximum atomic E-state index is 12.9. The molecule has 0 aliphatic rings. The highest BCUT2D eigenvalue weighted by Gasteiger charge is 2.33. The predicted octanol–water partition coefficient (Wildman–Crippen LogP) is 3.80. The molecule has 0 saturated carbocycles. The third kappa shape index (κ3) is 7.62. The van der Waals surface area contributed by atoms with Gasteiger partial charge in [-0.05, 0) is 40.6 Å². The average molecular weight is 520 g/mol. The lowest BCUT2D eigenvalue weighted by molar-refractivity contribution is -0.142. The summed E-state index contributed by atoms with van der Waals surface area (Å²) < 4.78 is 19.6. The summed E-state index contributed by atoms with van der Waals surface area (Å²) in [7, 11) is -2.38. The fraction of sp³-hybridized carbons (Fsp3) is 0.333. The first-order valence-corrected chi connectivity index (χ1v) is 13.5. The molecule has 0 saturated heterocycles. The molecule has 9 nitrogen and oxygen atoms in total. The number of rotatable bonds is 12. The summed E-state index contributed by atoms with van der Waals surface area (Å²) in [6.45, 7) is 3.30. The zero-order valence-electron chi connectivity index (χ0n) is 19.7. The van der Waals surface area contributed by atoms with Gasteiger partial charge in [0.2, 0.25) is 5.91 Å². The maximum Gasteiger partial charge on any atom is 0.403 e. The first-order chi connectivity index (χ1) is 16.6. The van der Waals surface area contributed by atoms with E-state index in [1.165, 1.54) is 11.3 Å². The van der Waals surface area contributed by atoms with E-state index < -0.39 is 37.6 Å². The van der Waals surface area contributed by atoms with E-state index in [1.807, 2.05) is 59.6 Å². The number of carboxylic acid groups (broad SMARTS) is 1. The van der Waals surface area contributed by atoms with Crippen molar-refractivity contribution in [3.05, 3.63) is 70.5 Å². The minimum absolute atomic E-state index is 0.0605. The van der Waals surface area contributed by atoms with Gasteiger partial charge in [-0.2, -0.15) is 0 Å². The molecule has 0 aliphatic heterocycles. The van der Waals surface area contributed by atoms with Gasteiger partial charge in [-0.1, -0.05) is 44.2 Å². The number of carbonyl (C=O) groups is 2. The second-order valence-electron chi connectivity index (χ2n) is 8.53. The number of aryl methyl sites for hydroxylation is 1. The summed E-state index contributed by atoms with van der Waals surface area (Å²) >= 11 is 1.38. The molecule has 0 radical (unpaired) electrons. The van der Waals surface area contributed by atoms with Gasteiger partial charge in [0.1, 0.15) is 6.04 Å². The Labute approximate surface area is 208 Å². The van der Waals surface area contributed by atoms with E-state index in [0.29, 0.717) is 0 Å². The topological polar surface area (TPSA) is 130 Å². The summed E-state index contributed by atoms with van der Waals surface area (Å²) in [6, 6.07) is 12.6. The molecule has 2 aromatic heterocycles. The van der Waals surface area contributed by atoms with Crippen LogP contribution in [-0.4, -0.2) is 38.5 Å². The number of carbonyl (C=O) groups excluding carboxylic acids is 1. The van der Waals surface area contributed by atoms with Gasteiger partial charge >= 0.3 is 13.7 Å². The van der Waals surface area contributed by atoms with E-state index in [2.05, 4.69) is 10.4 Å². The van der Waals surface area contributed by atoms with E-state index in [-0.39, 0.29) is 13.0 Å². The van der Waals surface area contributed by atoms with Crippen LogP contribution in [0.4, 0.5) is 0 Å². The number of nitrogens with zero attached hydrogens (tertiary/aromatic N) is 1. The highest BCUT2D eigenvalue weighted by Crippen LogP contribution is 2.39. The Kier molecular flexibility index (Phi) is 9.04. The van der Waals surface area contributed by atoms with E-state index in [9.17, 15) is 24.2 Å². The van der Waals surface area contributed by atoms with Crippen molar-refractivity contribution in [3.63, 3.8) is 0 Å². The highest BCUT2D eigenvalue weighted by atomic mass is 32.1. The largest absolute Gasteiger partial charge is 0.480 e. The van der Waals surface area contributed by atoms with Crippen molar-refractivity contribution in [2.24, 2.45) is 13.0 Å². The van der Waals surface area contributed by atoms with Crippen molar-refractivity contribution in [1.82, 2.24) is 15.0 Å².